The van der Waals surface area contributed by atoms with Crippen molar-refractivity contribution in [1.29, 1.82) is 0 Å². The minimum absolute atomic E-state index is 0.0413. The standard InChI is InChI=1S/C34H49N3O5S/c1-7-18-35(23(4)5)33(41)30-34-24(6)22-27(43-34)28(29(34)32(40)37(30)20-12-10-11-13-21-38)31(39)36(19-8-2)25-14-16-26(17-15-25)42-9-3/h7-8,14-17,23-24,27-30,38H,1-2,9-13,18-22H2,3-6H3/t24?,27-,28+,29-,30?,34?/m0/s1. The van der Waals surface area contributed by atoms with Crippen molar-refractivity contribution in [3.05, 3.63) is 49.6 Å². The van der Waals surface area contributed by atoms with Gasteiger partial charge in [0.1, 0.15) is 11.8 Å². The molecule has 0 saturated carbocycles. The third-order valence-electron chi connectivity index (χ3n) is 9.34. The number of benzene rings is 1. The Labute approximate surface area is 261 Å². The van der Waals surface area contributed by atoms with Crippen LogP contribution in [0.25, 0.3) is 0 Å². The summed E-state index contributed by atoms with van der Waals surface area (Å²) in [6, 6.07) is 6.78. The lowest BCUT2D eigenvalue weighted by Gasteiger charge is -2.41. The predicted molar refractivity (Wildman–Crippen MR) is 173 cm³/mol. The van der Waals surface area contributed by atoms with Gasteiger partial charge in [-0.25, -0.2) is 0 Å². The normalized spacial score (nSPS) is 27.3. The molecule has 3 aliphatic heterocycles. The number of amides is 3. The van der Waals surface area contributed by atoms with Crippen molar-refractivity contribution >= 4 is 35.2 Å². The summed E-state index contributed by atoms with van der Waals surface area (Å²) in [5.74, 6) is -0.477. The van der Waals surface area contributed by atoms with E-state index in [9.17, 15) is 19.5 Å². The first-order valence-corrected chi connectivity index (χ1v) is 16.7. The van der Waals surface area contributed by atoms with E-state index in [1.165, 1.54) is 0 Å². The highest BCUT2D eigenvalue weighted by molar-refractivity contribution is 8.02. The molecule has 3 heterocycles. The van der Waals surface area contributed by atoms with E-state index in [0.717, 1.165) is 43.5 Å². The van der Waals surface area contributed by atoms with E-state index in [-0.39, 0.29) is 41.5 Å². The maximum absolute atomic E-state index is 14.5. The SMILES string of the molecule is C=CCN(C(=O)[C@@H]1[C@@H]2CC(C)C3(S2)C(C(=O)N(CC=C)C(C)C)N(CCCCCCO)C(=O)[C@H]13)c1ccc(OCC)cc1. The number of aliphatic hydroxyl groups is 1. The third-order valence-corrected chi connectivity index (χ3v) is 11.4. The first-order chi connectivity index (χ1) is 20.7. The number of aliphatic hydroxyl groups excluding tert-OH is 1. The molecule has 9 heteroatoms. The van der Waals surface area contributed by atoms with E-state index in [4.69, 9.17) is 4.74 Å². The summed E-state index contributed by atoms with van der Waals surface area (Å²) in [7, 11) is 0. The quantitative estimate of drug-likeness (QED) is 0.211. The molecule has 0 aliphatic carbocycles. The summed E-state index contributed by atoms with van der Waals surface area (Å²) < 4.78 is 4.94. The molecule has 0 radical (unpaired) electrons. The van der Waals surface area contributed by atoms with Crippen molar-refractivity contribution in [1.82, 2.24) is 9.80 Å². The summed E-state index contributed by atoms with van der Waals surface area (Å²) in [5, 5.41) is 9.18. The van der Waals surface area contributed by atoms with E-state index in [1.54, 1.807) is 28.8 Å². The molecule has 2 bridgehead atoms. The van der Waals surface area contributed by atoms with Crippen LogP contribution in [0.3, 0.4) is 0 Å². The van der Waals surface area contributed by atoms with Crippen molar-refractivity contribution in [3.8, 4) is 5.75 Å². The van der Waals surface area contributed by atoms with Crippen LogP contribution in [0.2, 0.25) is 0 Å². The van der Waals surface area contributed by atoms with Crippen molar-refractivity contribution in [2.45, 2.75) is 81.9 Å². The number of nitrogens with zero attached hydrogens (tertiary/aromatic N) is 3. The molecule has 3 fully saturated rings. The van der Waals surface area contributed by atoms with Gasteiger partial charge in [-0.2, -0.15) is 0 Å². The number of likely N-dealkylation sites (tertiary alicyclic amines) is 1. The molecule has 6 atom stereocenters. The summed E-state index contributed by atoms with van der Waals surface area (Å²) in [4.78, 5) is 48.9. The van der Waals surface area contributed by atoms with Crippen LogP contribution in [0.5, 0.6) is 5.75 Å². The number of thioether (sulfide) groups is 1. The van der Waals surface area contributed by atoms with Crippen LogP contribution in [0.15, 0.2) is 49.6 Å². The Morgan fingerprint density at radius 3 is 2.40 bits per heavy atom. The Bertz CT molecular complexity index is 1170. The molecule has 43 heavy (non-hydrogen) atoms. The van der Waals surface area contributed by atoms with Crippen LogP contribution in [0, 0.1) is 17.8 Å². The zero-order chi connectivity index (χ0) is 31.3. The number of fused-ring (bicyclic) bond motifs is 1. The van der Waals surface area contributed by atoms with E-state index in [0.29, 0.717) is 26.2 Å². The second-order valence-electron chi connectivity index (χ2n) is 12.3. The molecule has 236 valence electrons. The molecule has 8 nitrogen and oxygen atoms in total. The number of hydrogen-bond acceptors (Lipinski definition) is 6. The number of ether oxygens (including phenoxy) is 1. The second-order valence-corrected chi connectivity index (χ2v) is 13.8. The zero-order valence-corrected chi connectivity index (χ0v) is 27.1. The van der Waals surface area contributed by atoms with Crippen molar-refractivity contribution in [2.75, 3.05) is 37.7 Å². The van der Waals surface area contributed by atoms with Gasteiger partial charge in [0.05, 0.1) is 23.2 Å². The van der Waals surface area contributed by atoms with Gasteiger partial charge in [0.15, 0.2) is 0 Å². The van der Waals surface area contributed by atoms with Crippen LogP contribution in [-0.2, 0) is 14.4 Å². The van der Waals surface area contributed by atoms with Crippen LogP contribution in [-0.4, -0.2) is 87.6 Å². The Hall–Kier alpha value is -2.78. The molecular formula is C34H49N3O5S. The lowest BCUT2D eigenvalue weighted by atomic mass is 9.65. The molecule has 3 unspecified atom stereocenters. The van der Waals surface area contributed by atoms with Crippen LogP contribution in [0.4, 0.5) is 5.69 Å². The van der Waals surface area contributed by atoms with Crippen LogP contribution < -0.4 is 9.64 Å². The molecule has 1 spiro atoms. The Morgan fingerprint density at radius 1 is 1.12 bits per heavy atom. The fourth-order valence-electron chi connectivity index (χ4n) is 7.44. The number of hydrogen-bond donors (Lipinski definition) is 1. The Morgan fingerprint density at radius 2 is 1.79 bits per heavy atom. The Balaban J connectivity index is 1.72. The van der Waals surface area contributed by atoms with Crippen molar-refractivity contribution in [3.63, 3.8) is 0 Å². The maximum atomic E-state index is 14.5. The van der Waals surface area contributed by atoms with E-state index in [1.807, 2.05) is 54.8 Å². The van der Waals surface area contributed by atoms with Gasteiger partial charge in [0.2, 0.25) is 17.7 Å². The summed E-state index contributed by atoms with van der Waals surface area (Å²) >= 11 is 1.71. The van der Waals surface area contributed by atoms with E-state index >= 15 is 0 Å². The van der Waals surface area contributed by atoms with Crippen molar-refractivity contribution in [2.24, 2.45) is 17.8 Å². The fourth-order valence-corrected chi connectivity index (χ4v) is 9.85. The molecular weight excluding hydrogens is 562 g/mol. The summed E-state index contributed by atoms with van der Waals surface area (Å²) in [6.45, 7) is 17.7. The van der Waals surface area contributed by atoms with Gasteiger partial charge >= 0.3 is 0 Å². The Kier molecular flexibility index (Phi) is 11.0. The molecule has 1 aromatic rings. The fraction of sp³-hybridized carbons (Fsp3) is 0.618. The topological polar surface area (TPSA) is 90.4 Å². The minimum atomic E-state index is -0.669. The monoisotopic (exact) mass is 611 g/mol. The molecule has 3 aliphatic rings. The highest BCUT2D eigenvalue weighted by atomic mass is 32.2. The van der Waals surface area contributed by atoms with Gasteiger partial charge in [-0.3, -0.25) is 14.4 Å². The molecule has 1 aromatic carbocycles. The smallest absolute Gasteiger partial charge is 0.247 e. The van der Waals surface area contributed by atoms with Gasteiger partial charge in [0.25, 0.3) is 0 Å². The average Bonchev–Trinajstić information content (AvgIpc) is 3.58. The number of rotatable bonds is 16. The summed E-state index contributed by atoms with van der Waals surface area (Å²) in [5.41, 5.74) is 0.735. The first-order valence-electron chi connectivity index (χ1n) is 15.8. The van der Waals surface area contributed by atoms with E-state index in [2.05, 4.69) is 20.1 Å². The summed E-state index contributed by atoms with van der Waals surface area (Å²) in [6.07, 6.45) is 7.44. The van der Waals surface area contributed by atoms with Gasteiger partial charge in [-0.15, -0.1) is 24.9 Å². The second kappa shape index (κ2) is 14.3. The number of carbonyl (C=O) groups excluding carboxylic acids is 3. The lowest BCUT2D eigenvalue weighted by molar-refractivity contribution is -0.143. The highest BCUT2D eigenvalue weighted by Gasteiger charge is 2.76. The van der Waals surface area contributed by atoms with Crippen LogP contribution in [0.1, 0.15) is 59.8 Å². The molecule has 4 rings (SSSR count). The van der Waals surface area contributed by atoms with Gasteiger partial charge in [-0.05, 0) is 70.2 Å². The number of carbonyl (C=O) groups is 3. The minimum Gasteiger partial charge on any atom is -0.494 e. The lowest BCUT2D eigenvalue weighted by Crippen LogP contribution is -2.58. The molecule has 3 saturated heterocycles. The molecule has 3 amide bonds. The molecule has 0 aromatic heterocycles. The van der Waals surface area contributed by atoms with E-state index < -0.39 is 22.6 Å². The van der Waals surface area contributed by atoms with Gasteiger partial charge in [0, 0.05) is 43.2 Å². The number of unbranched alkanes of at least 4 members (excludes halogenated alkanes) is 3. The highest BCUT2D eigenvalue weighted by Crippen LogP contribution is 2.69. The predicted octanol–water partition coefficient (Wildman–Crippen LogP) is 4.92. The number of anilines is 1. The maximum Gasteiger partial charge on any atom is 0.247 e. The molecule has 1 N–H and O–H groups in total. The van der Waals surface area contributed by atoms with Crippen LogP contribution >= 0.6 is 11.8 Å². The largest absolute Gasteiger partial charge is 0.494 e. The third kappa shape index (κ3) is 6.12. The van der Waals surface area contributed by atoms with Gasteiger partial charge < -0.3 is 24.5 Å². The van der Waals surface area contributed by atoms with Crippen molar-refractivity contribution < 1.29 is 24.2 Å². The first kappa shape index (κ1) is 33.1. The average molecular weight is 612 g/mol. The van der Waals surface area contributed by atoms with Gasteiger partial charge in [-0.1, -0.05) is 31.9 Å². The zero-order valence-electron chi connectivity index (χ0n) is 26.2.